The molecule has 0 atom stereocenters. The van der Waals surface area contributed by atoms with Gasteiger partial charge in [0, 0.05) is 32.5 Å². The number of anilines is 1. The second-order valence-corrected chi connectivity index (χ2v) is 5.90. The summed E-state index contributed by atoms with van der Waals surface area (Å²) in [5.74, 6) is 1.33. The van der Waals surface area contributed by atoms with Crippen LogP contribution in [0.5, 0.6) is 5.75 Å². The molecule has 0 aliphatic carbocycles. The number of ether oxygens (including phenoxy) is 1. The van der Waals surface area contributed by atoms with Gasteiger partial charge >= 0.3 is 0 Å². The topological polar surface area (TPSA) is 67.4 Å². The Hall–Kier alpha value is -2.63. The minimum atomic E-state index is -0.0450. The van der Waals surface area contributed by atoms with Crippen LogP contribution < -0.4 is 10.1 Å². The van der Waals surface area contributed by atoms with E-state index in [4.69, 9.17) is 4.74 Å². The van der Waals surface area contributed by atoms with E-state index in [0.717, 1.165) is 31.6 Å². The summed E-state index contributed by atoms with van der Waals surface area (Å²) in [6.45, 7) is 3.56. The predicted molar refractivity (Wildman–Crippen MR) is 99.1 cm³/mol. The van der Waals surface area contributed by atoms with Crippen molar-refractivity contribution in [3.63, 3.8) is 0 Å². The van der Waals surface area contributed by atoms with Crippen molar-refractivity contribution in [2.75, 3.05) is 32.6 Å². The van der Waals surface area contributed by atoms with E-state index in [2.05, 4.69) is 28.3 Å². The number of hydrogen-bond acceptors (Lipinski definition) is 5. The first-order valence-corrected chi connectivity index (χ1v) is 8.58. The molecule has 25 heavy (non-hydrogen) atoms. The lowest BCUT2D eigenvalue weighted by Gasteiger charge is -2.16. The smallest absolute Gasteiger partial charge is 0.256 e. The number of aromatic nitrogens is 2. The predicted octanol–water partition coefficient (Wildman–Crippen LogP) is 3.01. The summed E-state index contributed by atoms with van der Waals surface area (Å²) in [6.07, 6.45) is 6.04. The number of methoxy groups -OCH3 is 1. The first-order valence-electron chi connectivity index (χ1n) is 8.58. The number of unbranched alkanes of at least 4 members (excludes halogenated alkanes) is 1. The summed E-state index contributed by atoms with van der Waals surface area (Å²) >= 11 is 0. The van der Waals surface area contributed by atoms with Crippen molar-refractivity contribution in [1.82, 2.24) is 14.9 Å². The molecule has 0 saturated heterocycles. The van der Waals surface area contributed by atoms with E-state index in [1.165, 1.54) is 5.56 Å². The molecule has 6 heteroatoms. The summed E-state index contributed by atoms with van der Waals surface area (Å²) in [6, 6.07) is 7.96. The Bertz CT molecular complexity index is 673. The van der Waals surface area contributed by atoms with Crippen LogP contribution in [0.4, 0.5) is 5.95 Å². The maximum atomic E-state index is 12.2. The largest absolute Gasteiger partial charge is 0.497 e. The van der Waals surface area contributed by atoms with Gasteiger partial charge in [0.2, 0.25) is 5.95 Å². The lowest BCUT2D eigenvalue weighted by molar-refractivity contribution is 0.0792. The molecule has 134 valence electrons. The number of rotatable bonds is 9. The van der Waals surface area contributed by atoms with E-state index in [1.807, 2.05) is 18.2 Å². The van der Waals surface area contributed by atoms with Crippen LogP contribution in [0, 0.1) is 0 Å². The Morgan fingerprint density at radius 2 is 2.04 bits per heavy atom. The minimum Gasteiger partial charge on any atom is -0.497 e. The molecule has 0 aliphatic heterocycles. The van der Waals surface area contributed by atoms with Crippen molar-refractivity contribution >= 4 is 11.9 Å². The van der Waals surface area contributed by atoms with E-state index in [1.54, 1.807) is 31.5 Å². The highest BCUT2D eigenvalue weighted by Gasteiger charge is 2.12. The molecule has 0 saturated carbocycles. The lowest BCUT2D eigenvalue weighted by atomic mass is 10.1. The molecule has 1 amide bonds. The van der Waals surface area contributed by atoms with Gasteiger partial charge in [-0.05, 0) is 30.5 Å². The Morgan fingerprint density at radius 3 is 2.72 bits per heavy atom. The first-order chi connectivity index (χ1) is 12.1. The van der Waals surface area contributed by atoms with Crippen molar-refractivity contribution in [1.29, 1.82) is 0 Å². The van der Waals surface area contributed by atoms with Crippen LogP contribution in [0.15, 0.2) is 36.7 Å². The van der Waals surface area contributed by atoms with E-state index >= 15 is 0 Å². The van der Waals surface area contributed by atoms with E-state index < -0.39 is 0 Å². The second-order valence-electron chi connectivity index (χ2n) is 5.90. The van der Waals surface area contributed by atoms with Gasteiger partial charge in [0.1, 0.15) is 5.75 Å². The molecule has 1 heterocycles. The Labute approximate surface area is 149 Å². The third-order valence-electron chi connectivity index (χ3n) is 3.92. The highest BCUT2D eigenvalue weighted by molar-refractivity contribution is 5.93. The summed E-state index contributed by atoms with van der Waals surface area (Å²) in [5.41, 5.74) is 1.69. The Kier molecular flexibility index (Phi) is 7.19. The maximum Gasteiger partial charge on any atom is 0.256 e. The molecular weight excluding hydrogens is 316 g/mol. The first kappa shape index (κ1) is 18.7. The van der Waals surface area contributed by atoms with Gasteiger partial charge in [0.05, 0.1) is 12.7 Å². The minimum absolute atomic E-state index is 0.0450. The molecule has 0 unspecified atom stereocenters. The molecule has 2 rings (SSSR count). The highest BCUT2D eigenvalue weighted by atomic mass is 16.5. The molecule has 0 spiro atoms. The lowest BCUT2D eigenvalue weighted by Crippen LogP contribution is -2.28. The number of benzene rings is 1. The number of hydrogen-bond donors (Lipinski definition) is 1. The van der Waals surface area contributed by atoms with Gasteiger partial charge in [0.25, 0.3) is 5.91 Å². The third-order valence-corrected chi connectivity index (χ3v) is 3.92. The van der Waals surface area contributed by atoms with Crippen molar-refractivity contribution in [2.24, 2.45) is 0 Å². The summed E-state index contributed by atoms with van der Waals surface area (Å²) < 4.78 is 5.22. The van der Waals surface area contributed by atoms with Crippen LogP contribution >= 0.6 is 0 Å². The molecule has 2 aromatic rings. The number of amides is 1. The molecular formula is C19H26N4O2. The summed E-state index contributed by atoms with van der Waals surface area (Å²) in [4.78, 5) is 22.4. The number of nitrogens with one attached hydrogen (secondary N) is 1. The summed E-state index contributed by atoms with van der Waals surface area (Å²) in [7, 11) is 3.46. The van der Waals surface area contributed by atoms with Crippen LogP contribution in [-0.2, 0) is 6.42 Å². The third kappa shape index (κ3) is 5.74. The van der Waals surface area contributed by atoms with E-state index in [9.17, 15) is 4.79 Å². The fraction of sp³-hybridized carbons (Fsp3) is 0.421. The van der Waals surface area contributed by atoms with Crippen molar-refractivity contribution < 1.29 is 9.53 Å². The van der Waals surface area contributed by atoms with Gasteiger partial charge < -0.3 is 15.0 Å². The molecule has 6 nitrogen and oxygen atoms in total. The SMILES string of the molecule is CCCCN(C)C(=O)c1cnc(NCCc2cccc(OC)c2)nc1. The van der Waals surface area contributed by atoms with Crippen molar-refractivity contribution in [3.8, 4) is 5.75 Å². The average Bonchev–Trinajstić information content (AvgIpc) is 2.66. The van der Waals surface area contributed by atoms with E-state index in [-0.39, 0.29) is 5.91 Å². The van der Waals surface area contributed by atoms with Crippen LogP contribution in [0.3, 0.4) is 0 Å². The van der Waals surface area contributed by atoms with Gasteiger partial charge in [-0.15, -0.1) is 0 Å². The van der Waals surface area contributed by atoms with Crippen molar-refractivity contribution in [3.05, 3.63) is 47.8 Å². The maximum absolute atomic E-state index is 12.2. The molecule has 1 N–H and O–H groups in total. The second kappa shape index (κ2) is 9.61. The van der Waals surface area contributed by atoms with Gasteiger partial charge in [-0.2, -0.15) is 0 Å². The quantitative estimate of drug-likeness (QED) is 0.759. The fourth-order valence-electron chi connectivity index (χ4n) is 2.39. The summed E-state index contributed by atoms with van der Waals surface area (Å²) in [5, 5.41) is 3.17. The number of nitrogens with zero attached hydrogens (tertiary/aromatic N) is 3. The number of carbonyl (C=O) groups is 1. The fourth-order valence-corrected chi connectivity index (χ4v) is 2.39. The molecule has 1 aromatic heterocycles. The molecule has 0 bridgehead atoms. The van der Waals surface area contributed by atoms with Gasteiger partial charge in [-0.3, -0.25) is 4.79 Å². The van der Waals surface area contributed by atoms with E-state index in [0.29, 0.717) is 18.1 Å². The van der Waals surface area contributed by atoms with Crippen LogP contribution in [0.25, 0.3) is 0 Å². The van der Waals surface area contributed by atoms with Crippen LogP contribution in [0.1, 0.15) is 35.7 Å². The molecule has 1 aromatic carbocycles. The van der Waals surface area contributed by atoms with Crippen LogP contribution in [-0.4, -0.2) is 48.0 Å². The molecule has 0 radical (unpaired) electrons. The zero-order valence-corrected chi connectivity index (χ0v) is 15.2. The van der Waals surface area contributed by atoms with Crippen LogP contribution in [0.2, 0.25) is 0 Å². The molecule has 0 aliphatic rings. The normalized spacial score (nSPS) is 10.4. The monoisotopic (exact) mass is 342 g/mol. The molecule has 0 fully saturated rings. The highest BCUT2D eigenvalue weighted by Crippen LogP contribution is 2.13. The Balaban J connectivity index is 1.84. The van der Waals surface area contributed by atoms with Gasteiger partial charge in [-0.1, -0.05) is 25.5 Å². The van der Waals surface area contributed by atoms with Gasteiger partial charge in [-0.25, -0.2) is 9.97 Å². The standard InChI is InChI=1S/C19H26N4O2/c1-4-5-11-23(2)18(24)16-13-21-19(22-14-16)20-10-9-15-7-6-8-17(12-15)25-3/h6-8,12-14H,4-5,9-11H2,1-3H3,(H,20,21,22). The zero-order chi connectivity index (χ0) is 18.1. The van der Waals surface area contributed by atoms with Gasteiger partial charge in [0.15, 0.2) is 0 Å². The Morgan fingerprint density at radius 1 is 1.28 bits per heavy atom. The number of carbonyl (C=O) groups excluding carboxylic acids is 1. The van der Waals surface area contributed by atoms with Crippen molar-refractivity contribution in [2.45, 2.75) is 26.2 Å². The zero-order valence-electron chi connectivity index (χ0n) is 15.2. The average molecular weight is 342 g/mol.